The van der Waals surface area contributed by atoms with E-state index in [1.54, 1.807) is 34.3 Å². The molecule has 1 aliphatic heterocycles. The normalized spacial score (nSPS) is 14.7. The predicted octanol–water partition coefficient (Wildman–Crippen LogP) is 3.84. The van der Waals surface area contributed by atoms with Gasteiger partial charge in [-0.1, -0.05) is 12.1 Å². The largest absolute Gasteiger partial charge is 0.462 e. The van der Waals surface area contributed by atoms with Crippen molar-refractivity contribution in [2.45, 2.75) is 13.3 Å². The number of amides is 2. The average molecular weight is 413 g/mol. The monoisotopic (exact) mass is 413 g/mol. The number of carbonyl (C=O) groups is 2. The second-order valence-electron chi connectivity index (χ2n) is 6.82. The van der Waals surface area contributed by atoms with Gasteiger partial charge in [0.05, 0.1) is 11.8 Å². The number of benzene rings is 1. The van der Waals surface area contributed by atoms with Crippen LogP contribution < -0.4 is 0 Å². The van der Waals surface area contributed by atoms with Crippen LogP contribution in [0.1, 0.15) is 32.1 Å². The molecule has 3 aromatic rings. The Morgan fingerprint density at radius 3 is 2.45 bits per heavy atom. The van der Waals surface area contributed by atoms with Gasteiger partial charge in [-0.25, -0.2) is 9.37 Å². The van der Waals surface area contributed by atoms with Gasteiger partial charge in [0.15, 0.2) is 10.8 Å². The van der Waals surface area contributed by atoms with Crippen LogP contribution in [0.25, 0.3) is 10.8 Å². The minimum atomic E-state index is -0.529. The summed E-state index contributed by atoms with van der Waals surface area (Å²) in [5.41, 5.74) is 0.473. The van der Waals surface area contributed by atoms with Crippen molar-refractivity contribution in [1.82, 2.24) is 14.8 Å². The Labute approximate surface area is 171 Å². The molecule has 1 aromatic carbocycles. The zero-order valence-corrected chi connectivity index (χ0v) is 16.7. The third kappa shape index (κ3) is 3.93. The van der Waals surface area contributed by atoms with Crippen LogP contribution in [0.2, 0.25) is 0 Å². The first-order chi connectivity index (χ1) is 14.0. The van der Waals surface area contributed by atoms with E-state index >= 15 is 0 Å². The number of hydrogen-bond donors (Lipinski definition) is 0. The number of rotatable bonds is 3. The maximum Gasteiger partial charge on any atom is 0.273 e. The van der Waals surface area contributed by atoms with Gasteiger partial charge in [-0.3, -0.25) is 9.59 Å². The first-order valence-electron chi connectivity index (χ1n) is 9.39. The van der Waals surface area contributed by atoms with Crippen molar-refractivity contribution in [3.63, 3.8) is 0 Å². The third-order valence-corrected chi connectivity index (χ3v) is 5.89. The standard InChI is InChI=1S/C21H20FN3O3S/c1-14-18(23-19(29-14)17-8-4-13-28-17)21(27)25-10-5-9-24(11-12-25)20(26)15-6-2-3-7-16(15)22/h2-4,6-8,13H,5,9-12H2,1H3. The van der Waals surface area contributed by atoms with E-state index in [1.807, 2.05) is 13.0 Å². The molecule has 2 amide bonds. The fourth-order valence-electron chi connectivity index (χ4n) is 3.38. The summed E-state index contributed by atoms with van der Waals surface area (Å²) in [7, 11) is 0. The smallest absolute Gasteiger partial charge is 0.273 e. The van der Waals surface area contributed by atoms with Crippen molar-refractivity contribution in [2.75, 3.05) is 26.2 Å². The van der Waals surface area contributed by atoms with Crippen molar-refractivity contribution >= 4 is 23.2 Å². The van der Waals surface area contributed by atoms with Crippen molar-refractivity contribution in [2.24, 2.45) is 0 Å². The zero-order valence-electron chi connectivity index (χ0n) is 15.9. The Hall–Kier alpha value is -3.00. The highest BCUT2D eigenvalue weighted by atomic mass is 32.1. The van der Waals surface area contributed by atoms with E-state index in [2.05, 4.69) is 4.98 Å². The first-order valence-corrected chi connectivity index (χ1v) is 10.2. The number of aromatic nitrogens is 1. The maximum absolute atomic E-state index is 14.0. The third-order valence-electron chi connectivity index (χ3n) is 4.91. The van der Waals surface area contributed by atoms with E-state index in [-0.39, 0.29) is 17.4 Å². The van der Waals surface area contributed by atoms with Crippen LogP contribution in [0.3, 0.4) is 0 Å². The van der Waals surface area contributed by atoms with Gasteiger partial charge in [-0.2, -0.15) is 0 Å². The molecule has 0 N–H and O–H groups in total. The molecule has 8 heteroatoms. The number of carbonyl (C=O) groups excluding carboxylic acids is 2. The molecule has 150 valence electrons. The summed E-state index contributed by atoms with van der Waals surface area (Å²) in [6.07, 6.45) is 2.20. The Morgan fingerprint density at radius 1 is 1.03 bits per heavy atom. The van der Waals surface area contributed by atoms with Crippen LogP contribution in [-0.4, -0.2) is 52.8 Å². The number of halogens is 1. The quantitative estimate of drug-likeness (QED) is 0.654. The summed E-state index contributed by atoms with van der Waals surface area (Å²) < 4.78 is 19.3. The second kappa shape index (κ2) is 8.16. The van der Waals surface area contributed by atoms with Crippen LogP contribution in [-0.2, 0) is 0 Å². The Kier molecular flexibility index (Phi) is 5.44. The number of furan rings is 1. The van der Waals surface area contributed by atoms with Gasteiger partial charge in [0, 0.05) is 31.1 Å². The van der Waals surface area contributed by atoms with Gasteiger partial charge in [0.25, 0.3) is 11.8 Å². The molecule has 0 bridgehead atoms. The highest BCUT2D eigenvalue weighted by Gasteiger charge is 2.27. The van der Waals surface area contributed by atoms with Crippen molar-refractivity contribution in [3.05, 3.63) is 64.6 Å². The fourth-order valence-corrected chi connectivity index (χ4v) is 4.25. The molecule has 2 aromatic heterocycles. The lowest BCUT2D eigenvalue weighted by Gasteiger charge is -2.22. The van der Waals surface area contributed by atoms with Crippen LogP contribution in [0.4, 0.5) is 4.39 Å². The average Bonchev–Trinajstić information content (AvgIpc) is 3.31. The van der Waals surface area contributed by atoms with Crippen LogP contribution >= 0.6 is 11.3 Å². The van der Waals surface area contributed by atoms with E-state index in [4.69, 9.17) is 4.42 Å². The van der Waals surface area contributed by atoms with E-state index in [9.17, 15) is 14.0 Å². The Balaban J connectivity index is 1.47. The number of thiazole rings is 1. The van der Waals surface area contributed by atoms with Gasteiger partial charge >= 0.3 is 0 Å². The zero-order chi connectivity index (χ0) is 20.4. The molecule has 29 heavy (non-hydrogen) atoms. The molecule has 0 atom stereocenters. The topological polar surface area (TPSA) is 66.7 Å². The molecule has 1 saturated heterocycles. The first kappa shape index (κ1) is 19.3. The molecule has 0 spiro atoms. The summed E-state index contributed by atoms with van der Waals surface area (Å²) in [6, 6.07) is 9.56. The van der Waals surface area contributed by atoms with Gasteiger partial charge in [-0.15, -0.1) is 11.3 Å². The van der Waals surface area contributed by atoms with Gasteiger partial charge in [0.1, 0.15) is 11.5 Å². The molecule has 0 unspecified atom stereocenters. The molecule has 0 saturated carbocycles. The van der Waals surface area contributed by atoms with E-state index in [0.717, 1.165) is 4.88 Å². The lowest BCUT2D eigenvalue weighted by Crippen LogP contribution is -2.37. The fraction of sp³-hybridized carbons (Fsp3) is 0.286. The number of aryl methyl sites for hydroxylation is 1. The number of nitrogens with zero attached hydrogens (tertiary/aromatic N) is 3. The lowest BCUT2D eigenvalue weighted by atomic mass is 10.2. The molecule has 1 fully saturated rings. The molecule has 4 rings (SSSR count). The molecule has 3 heterocycles. The van der Waals surface area contributed by atoms with Crippen molar-refractivity contribution in [3.8, 4) is 10.8 Å². The Bertz CT molecular complexity index is 1030. The van der Waals surface area contributed by atoms with E-state index in [0.29, 0.717) is 49.1 Å². The summed E-state index contributed by atoms with van der Waals surface area (Å²) >= 11 is 1.42. The van der Waals surface area contributed by atoms with E-state index in [1.165, 1.54) is 23.5 Å². The molecule has 0 radical (unpaired) electrons. The molecule has 1 aliphatic rings. The van der Waals surface area contributed by atoms with Crippen LogP contribution in [0.15, 0.2) is 47.1 Å². The molecule has 0 aliphatic carbocycles. The maximum atomic E-state index is 14.0. The summed E-state index contributed by atoms with van der Waals surface area (Å²) in [5, 5.41) is 0.669. The number of hydrogen-bond acceptors (Lipinski definition) is 5. The summed E-state index contributed by atoms with van der Waals surface area (Å²) in [5.74, 6) is -0.396. The summed E-state index contributed by atoms with van der Waals surface area (Å²) in [6.45, 7) is 3.60. The Morgan fingerprint density at radius 2 is 1.76 bits per heavy atom. The lowest BCUT2D eigenvalue weighted by molar-refractivity contribution is 0.0713. The SMILES string of the molecule is Cc1sc(-c2ccco2)nc1C(=O)N1CCCN(C(=O)c2ccccc2F)CC1. The van der Waals surface area contributed by atoms with Crippen LogP contribution in [0.5, 0.6) is 0 Å². The molecular formula is C21H20FN3O3S. The van der Waals surface area contributed by atoms with Crippen molar-refractivity contribution < 1.29 is 18.4 Å². The van der Waals surface area contributed by atoms with E-state index < -0.39 is 5.82 Å². The van der Waals surface area contributed by atoms with Gasteiger partial charge in [0.2, 0.25) is 0 Å². The predicted molar refractivity (Wildman–Crippen MR) is 107 cm³/mol. The summed E-state index contributed by atoms with van der Waals surface area (Å²) in [4.78, 5) is 34.3. The van der Waals surface area contributed by atoms with Crippen molar-refractivity contribution in [1.29, 1.82) is 0 Å². The second-order valence-corrected chi connectivity index (χ2v) is 8.02. The van der Waals surface area contributed by atoms with Gasteiger partial charge in [-0.05, 0) is 37.6 Å². The van der Waals surface area contributed by atoms with Gasteiger partial charge < -0.3 is 14.2 Å². The minimum absolute atomic E-state index is 0.0608. The highest BCUT2D eigenvalue weighted by Crippen LogP contribution is 2.28. The van der Waals surface area contributed by atoms with Crippen LogP contribution in [0, 0.1) is 12.7 Å². The minimum Gasteiger partial charge on any atom is -0.462 e. The molecular weight excluding hydrogens is 393 g/mol. The molecule has 6 nitrogen and oxygen atoms in total. The highest BCUT2D eigenvalue weighted by molar-refractivity contribution is 7.15.